The molecule has 1 fully saturated rings. The van der Waals surface area contributed by atoms with Crippen LogP contribution in [0.25, 0.3) is 0 Å². The third-order valence-corrected chi connectivity index (χ3v) is 4.75. The molecule has 5 nitrogen and oxygen atoms in total. The Kier molecular flexibility index (Phi) is 6.57. The van der Waals surface area contributed by atoms with E-state index in [2.05, 4.69) is 10.6 Å². The summed E-state index contributed by atoms with van der Waals surface area (Å²) < 4.78 is 26.1. The van der Waals surface area contributed by atoms with Gasteiger partial charge in [0, 0.05) is 24.8 Å². The molecule has 0 atom stereocenters. The SMILES string of the molecule is O=C(Cc1cccc(F)c1)NCC(=O)N1CCC(Nc2ccc(F)cc2)CC1. The van der Waals surface area contributed by atoms with Gasteiger partial charge >= 0.3 is 0 Å². The van der Waals surface area contributed by atoms with Crippen LogP contribution in [0.2, 0.25) is 0 Å². The number of benzene rings is 2. The smallest absolute Gasteiger partial charge is 0.241 e. The zero-order chi connectivity index (χ0) is 19.9. The number of hydrogen-bond donors (Lipinski definition) is 2. The van der Waals surface area contributed by atoms with Crippen LogP contribution in [0.4, 0.5) is 14.5 Å². The van der Waals surface area contributed by atoms with Crippen LogP contribution >= 0.6 is 0 Å². The lowest BCUT2D eigenvalue weighted by atomic mass is 10.0. The molecule has 0 aliphatic carbocycles. The van der Waals surface area contributed by atoms with Gasteiger partial charge in [0.1, 0.15) is 11.6 Å². The monoisotopic (exact) mass is 387 g/mol. The fourth-order valence-corrected chi connectivity index (χ4v) is 3.24. The van der Waals surface area contributed by atoms with E-state index in [0.717, 1.165) is 18.5 Å². The number of nitrogens with one attached hydrogen (secondary N) is 2. The third-order valence-electron chi connectivity index (χ3n) is 4.75. The average molecular weight is 387 g/mol. The minimum atomic E-state index is -0.390. The number of carbonyl (C=O) groups is 2. The van der Waals surface area contributed by atoms with E-state index in [1.54, 1.807) is 29.2 Å². The number of likely N-dealkylation sites (tertiary alicyclic amines) is 1. The van der Waals surface area contributed by atoms with Crippen molar-refractivity contribution in [3.05, 3.63) is 65.7 Å². The first-order valence-electron chi connectivity index (χ1n) is 9.30. The predicted molar refractivity (Wildman–Crippen MR) is 103 cm³/mol. The second-order valence-electron chi connectivity index (χ2n) is 6.89. The lowest BCUT2D eigenvalue weighted by Crippen LogP contribution is -2.46. The quantitative estimate of drug-likeness (QED) is 0.801. The topological polar surface area (TPSA) is 61.4 Å². The number of hydrogen-bond acceptors (Lipinski definition) is 3. The molecule has 2 aromatic carbocycles. The van der Waals surface area contributed by atoms with Gasteiger partial charge in [-0.1, -0.05) is 12.1 Å². The highest BCUT2D eigenvalue weighted by molar-refractivity contribution is 5.85. The Labute approximate surface area is 162 Å². The van der Waals surface area contributed by atoms with Gasteiger partial charge < -0.3 is 15.5 Å². The summed E-state index contributed by atoms with van der Waals surface area (Å²) in [6.07, 6.45) is 1.59. The van der Waals surface area contributed by atoms with Crippen molar-refractivity contribution in [3.63, 3.8) is 0 Å². The Hall–Kier alpha value is -2.96. The van der Waals surface area contributed by atoms with Crippen molar-refractivity contribution in [2.75, 3.05) is 25.0 Å². The van der Waals surface area contributed by atoms with Crippen molar-refractivity contribution in [2.45, 2.75) is 25.3 Å². The molecule has 0 unspecified atom stereocenters. The van der Waals surface area contributed by atoms with E-state index in [0.29, 0.717) is 18.7 Å². The largest absolute Gasteiger partial charge is 0.382 e. The third kappa shape index (κ3) is 5.77. The first-order chi connectivity index (χ1) is 13.5. The van der Waals surface area contributed by atoms with E-state index in [4.69, 9.17) is 0 Å². The van der Waals surface area contributed by atoms with Crippen molar-refractivity contribution in [3.8, 4) is 0 Å². The summed E-state index contributed by atoms with van der Waals surface area (Å²) in [4.78, 5) is 26.0. The molecule has 1 aliphatic rings. The van der Waals surface area contributed by atoms with Crippen LogP contribution in [0.3, 0.4) is 0 Å². The zero-order valence-electron chi connectivity index (χ0n) is 15.5. The van der Waals surface area contributed by atoms with Crippen molar-refractivity contribution in [2.24, 2.45) is 0 Å². The molecule has 148 valence electrons. The van der Waals surface area contributed by atoms with Crippen molar-refractivity contribution in [1.29, 1.82) is 0 Å². The number of halogens is 2. The molecule has 2 aromatic rings. The summed E-state index contributed by atoms with van der Waals surface area (Å²) in [7, 11) is 0. The molecule has 7 heteroatoms. The lowest BCUT2D eigenvalue weighted by Gasteiger charge is -2.33. The number of piperidine rings is 1. The summed E-state index contributed by atoms with van der Waals surface area (Å²) in [6.45, 7) is 1.12. The van der Waals surface area contributed by atoms with Crippen LogP contribution in [0.1, 0.15) is 18.4 Å². The maximum Gasteiger partial charge on any atom is 0.241 e. The van der Waals surface area contributed by atoms with Gasteiger partial charge in [0.2, 0.25) is 11.8 Å². The van der Waals surface area contributed by atoms with Gasteiger partial charge in [0.05, 0.1) is 13.0 Å². The summed E-state index contributed by atoms with van der Waals surface area (Å²) >= 11 is 0. The summed E-state index contributed by atoms with van der Waals surface area (Å²) in [6, 6.07) is 12.3. The van der Waals surface area contributed by atoms with Crippen molar-refractivity contribution >= 4 is 17.5 Å². The van der Waals surface area contributed by atoms with E-state index < -0.39 is 5.82 Å². The maximum atomic E-state index is 13.1. The Bertz CT molecular complexity index is 819. The van der Waals surface area contributed by atoms with Crippen LogP contribution in [0.15, 0.2) is 48.5 Å². The molecule has 28 heavy (non-hydrogen) atoms. The molecule has 1 heterocycles. The predicted octanol–water partition coefficient (Wildman–Crippen LogP) is 2.73. The highest BCUT2D eigenvalue weighted by atomic mass is 19.1. The van der Waals surface area contributed by atoms with Gasteiger partial charge in [-0.3, -0.25) is 9.59 Å². The minimum Gasteiger partial charge on any atom is -0.382 e. The summed E-state index contributed by atoms with van der Waals surface area (Å²) in [5.41, 5.74) is 1.42. The van der Waals surface area contributed by atoms with E-state index in [1.807, 2.05) is 0 Å². The normalized spacial score (nSPS) is 14.6. The van der Waals surface area contributed by atoms with Crippen LogP contribution in [-0.2, 0) is 16.0 Å². The standard InChI is InChI=1S/C21H23F2N3O2/c22-16-4-6-18(7-5-16)25-19-8-10-26(11-9-19)21(28)14-24-20(27)13-15-2-1-3-17(23)12-15/h1-7,12,19,25H,8-11,13-14H2,(H,24,27). The molecule has 0 aromatic heterocycles. The number of anilines is 1. The minimum absolute atomic E-state index is 0.0364. The molecule has 1 aliphatic heterocycles. The van der Waals surface area contributed by atoms with Gasteiger partial charge in [0.25, 0.3) is 0 Å². The van der Waals surface area contributed by atoms with E-state index in [9.17, 15) is 18.4 Å². The highest BCUT2D eigenvalue weighted by Crippen LogP contribution is 2.17. The Balaban J connectivity index is 1.38. The van der Waals surface area contributed by atoms with E-state index in [-0.39, 0.29) is 36.6 Å². The van der Waals surface area contributed by atoms with Gasteiger partial charge in [0.15, 0.2) is 0 Å². The molecule has 2 amide bonds. The Morgan fingerprint density at radius 1 is 1.00 bits per heavy atom. The van der Waals surface area contributed by atoms with Crippen LogP contribution in [0, 0.1) is 11.6 Å². The molecular weight excluding hydrogens is 364 g/mol. The number of carbonyl (C=O) groups excluding carboxylic acids is 2. The first kappa shape index (κ1) is 19.8. The maximum absolute atomic E-state index is 13.1. The van der Waals surface area contributed by atoms with Crippen LogP contribution in [-0.4, -0.2) is 42.4 Å². The first-order valence-corrected chi connectivity index (χ1v) is 9.30. The van der Waals surface area contributed by atoms with Gasteiger partial charge in [-0.05, 0) is 54.8 Å². The average Bonchev–Trinajstić information content (AvgIpc) is 2.68. The molecule has 0 radical (unpaired) electrons. The molecule has 1 saturated heterocycles. The van der Waals surface area contributed by atoms with Gasteiger partial charge in [-0.25, -0.2) is 8.78 Å². The van der Waals surface area contributed by atoms with Crippen LogP contribution in [0.5, 0.6) is 0 Å². The lowest BCUT2D eigenvalue weighted by molar-refractivity contribution is -0.133. The molecule has 3 rings (SSSR count). The van der Waals surface area contributed by atoms with Crippen LogP contribution < -0.4 is 10.6 Å². The number of amides is 2. The molecule has 2 N–H and O–H groups in total. The second-order valence-corrected chi connectivity index (χ2v) is 6.89. The molecular formula is C21H23F2N3O2. The highest BCUT2D eigenvalue weighted by Gasteiger charge is 2.22. The molecule has 0 bridgehead atoms. The fraction of sp³-hybridized carbons (Fsp3) is 0.333. The zero-order valence-corrected chi connectivity index (χ0v) is 15.5. The Morgan fingerprint density at radius 3 is 2.39 bits per heavy atom. The molecule has 0 spiro atoms. The number of rotatable bonds is 6. The van der Waals surface area contributed by atoms with Gasteiger partial charge in [-0.2, -0.15) is 0 Å². The summed E-state index contributed by atoms with van der Waals surface area (Å²) in [5.74, 6) is -1.11. The summed E-state index contributed by atoms with van der Waals surface area (Å²) in [5, 5.41) is 5.94. The van der Waals surface area contributed by atoms with Crippen molar-refractivity contribution in [1.82, 2.24) is 10.2 Å². The number of nitrogens with zero attached hydrogens (tertiary/aromatic N) is 1. The van der Waals surface area contributed by atoms with Gasteiger partial charge in [-0.15, -0.1) is 0 Å². The fourth-order valence-electron chi connectivity index (χ4n) is 3.24. The van der Waals surface area contributed by atoms with E-state index in [1.165, 1.54) is 24.3 Å². The van der Waals surface area contributed by atoms with Crippen molar-refractivity contribution < 1.29 is 18.4 Å². The Morgan fingerprint density at radius 2 is 1.71 bits per heavy atom. The molecule has 0 saturated carbocycles. The second kappa shape index (κ2) is 9.30. The van der Waals surface area contributed by atoms with E-state index >= 15 is 0 Å².